The van der Waals surface area contributed by atoms with E-state index >= 15 is 0 Å². The Kier molecular flexibility index (Phi) is 4.19. The summed E-state index contributed by atoms with van der Waals surface area (Å²) in [6.45, 7) is 10.4. The lowest BCUT2D eigenvalue weighted by Crippen LogP contribution is -2.68. The highest BCUT2D eigenvalue weighted by molar-refractivity contribution is 9.10. The van der Waals surface area contributed by atoms with Crippen molar-refractivity contribution < 1.29 is 0 Å². The van der Waals surface area contributed by atoms with Crippen LogP contribution < -0.4 is 5.32 Å². The first-order valence-electron chi connectivity index (χ1n) is 8.20. The Balaban J connectivity index is 1.85. The van der Waals surface area contributed by atoms with Crippen LogP contribution in [-0.4, -0.2) is 29.1 Å². The lowest BCUT2D eigenvalue weighted by atomic mass is 9.84. The summed E-state index contributed by atoms with van der Waals surface area (Å²) in [7, 11) is 0. The van der Waals surface area contributed by atoms with Crippen molar-refractivity contribution in [3.8, 4) is 0 Å². The number of nitrogens with zero attached hydrogens (tertiary/aromatic N) is 1. The molecule has 2 unspecified atom stereocenters. The van der Waals surface area contributed by atoms with Gasteiger partial charge in [0.1, 0.15) is 0 Å². The summed E-state index contributed by atoms with van der Waals surface area (Å²) >= 11 is 3.72. The second kappa shape index (κ2) is 5.68. The van der Waals surface area contributed by atoms with Gasteiger partial charge < -0.3 is 5.32 Å². The van der Waals surface area contributed by atoms with Crippen molar-refractivity contribution in [2.75, 3.05) is 13.1 Å². The van der Waals surface area contributed by atoms with Crippen LogP contribution in [0.5, 0.6) is 0 Å². The smallest absolute Gasteiger partial charge is 0.0338 e. The van der Waals surface area contributed by atoms with Gasteiger partial charge in [-0.3, -0.25) is 4.90 Å². The maximum atomic E-state index is 3.83. The van der Waals surface area contributed by atoms with E-state index in [9.17, 15) is 0 Å². The van der Waals surface area contributed by atoms with E-state index < -0.39 is 0 Å². The van der Waals surface area contributed by atoms with E-state index in [1.165, 1.54) is 29.3 Å². The van der Waals surface area contributed by atoms with Crippen LogP contribution in [-0.2, 0) is 6.54 Å². The highest BCUT2D eigenvalue weighted by Gasteiger charge is 2.50. The normalized spacial score (nSPS) is 34.1. The molecule has 0 amide bonds. The molecule has 1 aliphatic heterocycles. The van der Waals surface area contributed by atoms with Crippen molar-refractivity contribution in [3.63, 3.8) is 0 Å². The van der Waals surface area contributed by atoms with Gasteiger partial charge in [-0.15, -0.1) is 0 Å². The van der Waals surface area contributed by atoms with Crippen LogP contribution in [0.3, 0.4) is 0 Å². The first-order valence-corrected chi connectivity index (χ1v) is 9.00. The van der Waals surface area contributed by atoms with Gasteiger partial charge in [0.25, 0.3) is 0 Å². The van der Waals surface area contributed by atoms with Gasteiger partial charge in [-0.25, -0.2) is 0 Å². The fourth-order valence-electron chi connectivity index (χ4n) is 3.58. The molecule has 1 N–H and O–H groups in total. The minimum Gasteiger partial charge on any atom is -0.308 e. The zero-order valence-corrected chi connectivity index (χ0v) is 15.0. The Hall–Kier alpha value is -0.380. The van der Waals surface area contributed by atoms with Gasteiger partial charge in [0.2, 0.25) is 0 Å². The fraction of sp³-hybridized carbons (Fsp3) is 0.667. The molecule has 116 valence electrons. The van der Waals surface area contributed by atoms with Gasteiger partial charge >= 0.3 is 0 Å². The second-order valence-corrected chi connectivity index (χ2v) is 8.20. The monoisotopic (exact) mass is 350 g/mol. The Morgan fingerprint density at radius 3 is 2.62 bits per heavy atom. The molecule has 2 atom stereocenters. The Labute approximate surface area is 137 Å². The predicted molar refractivity (Wildman–Crippen MR) is 92.4 cm³/mol. The maximum Gasteiger partial charge on any atom is 0.0338 e. The number of hydrogen-bond donors (Lipinski definition) is 1. The van der Waals surface area contributed by atoms with E-state index in [-0.39, 0.29) is 5.54 Å². The first-order chi connectivity index (χ1) is 9.97. The molecule has 0 spiro atoms. The molecule has 1 aromatic rings. The van der Waals surface area contributed by atoms with Crippen molar-refractivity contribution in [2.45, 2.75) is 57.7 Å². The molecular formula is C18H27BrN2. The zero-order valence-electron chi connectivity index (χ0n) is 13.5. The van der Waals surface area contributed by atoms with E-state index in [0.717, 1.165) is 25.6 Å². The highest BCUT2D eigenvalue weighted by Crippen LogP contribution is 2.45. The van der Waals surface area contributed by atoms with Gasteiger partial charge in [-0.05, 0) is 50.7 Å². The van der Waals surface area contributed by atoms with Crippen LogP contribution in [0.2, 0.25) is 0 Å². The van der Waals surface area contributed by atoms with E-state index in [4.69, 9.17) is 0 Å². The molecule has 1 aliphatic carbocycles. The van der Waals surface area contributed by atoms with E-state index in [2.05, 4.69) is 71.2 Å². The molecule has 2 fully saturated rings. The molecule has 0 aromatic heterocycles. The topological polar surface area (TPSA) is 15.3 Å². The third-order valence-electron chi connectivity index (χ3n) is 5.69. The van der Waals surface area contributed by atoms with Gasteiger partial charge in [0, 0.05) is 35.2 Å². The molecule has 0 radical (unpaired) electrons. The molecule has 21 heavy (non-hydrogen) atoms. The summed E-state index contributed by atoms with van der Waals surface area (Å²) < 4.78 is 1.24. The van der Waals surface area contributed by atoms with E-state index in [0.29, 0.717) is 5.54 Å². The second-order valence-electron chi connectivity index (χ2n) is 7.35. The maximum absolute atomic E-state index is 3.83. The Bertz CT molecular complexity index is 514. The third-order valence-corrected chi connectivity index (χ3v) is 6.47. The SMILES string of the molecule is CCC1(C)CN(Cc2ccccc2Br)C(C)(C2CC2)CN1. The van der Waals surface area contributed by atoms with Gasteiger partial charge in [0.15, 0.2) is 0 Å². The number of halogens is 1. The van der Waals surface area contributed by atoms with E-state index in [1.807, 2.05) is 0 Å². The number of piperazine rings is 1. The van der Waals surface area contributed by atoms with E-state index in [1.54, 1.807) is 0 Å². The summed E-state index contributed by atoms with van der Waals surface area (Å²) in [6.07, 6.45) is 3.97. The van der Waals surface area contributed by atoms with Crippen LogP contribution in [0.15, 0.2) is 28.7 Å². The van der Waals surface area contributed by atoms with Crippen LogP contribution in [0.1, 0.15) is 45.6 Å². The summed E-state index contributed by atoms with van der Waals surface area (Å²) in [4.78, 5) is 2.74. The first kappa shape index (κ1) is 15.5. The zero-order chi connectivity index (χ0) is 15.1. The summed E-state index contributed by atoms with van der Waals surface area (Å²) in [5.41, 5.74) is 1.96. The third kappa shape index (κ3) is 3.06. The molecule has 1 heterocycles. The molecule has 2 aliphatic rings. The summed E-state index contributed by atoms with van der Waals surface area (Å²) in [5, 5.41) is 3.83. The van der Waals surface area contributed by atoms with Crippen LogP contribution in [0, 0.1) is 5.92 Å². The number of nitrogens with one attached hydrogen (secondary N) is 1. The molecule has 1 saturated heterocycles. The van der Waals surface area contributed by atoms with Crippen molar-refractivity contribution in [1.29, 1.82) is 0 Å². The van der Waals surface area contributed by atoms with Gasteiger partial charge in [-0.1, -0.05) is 41.1 Å². The number of rotatable bonds is 4. The highest BCUT2D eigenvalue weighted by atomic mass is 79.9. The molecule has 1 aromatic carbocycles. The molecule has 3 heteroatoms. The van der Waals surface area contributed by atoms with Crippen molar-refractivity contribution >= 4 is 15.9 Å². The molecule has 0 bridgehead atoms. The predicted octanol–water partition coefficient (Wildman–Crippen LogP) is 4.19. The van der Waals surface area contributed by atoms with Crippen LogP contribution in [0.4, 0.5) is 0 Å². The Morgan fingerprint density at radius 2 is 2.00 bits per heavy atom. The quantitative estimate of drug-likeness (QED) is 0.875. The lowest BCUT2D eigenvalue weighted by molar-refractivity contribution is -0.00147. The van der Waals surface area contributed by atoms with Gasteiger partial charge in [-0.2, -0.15) is 0 Å². The largest absolute Gasteiger partial charge is 0.308 e. The average molecular weight is 351 g/mol. The number of hydrogen-bond acceptors (Lipinski definition) is 2. The standard InChI is InChI=1S/C18H27BrN2/c1-4-17(2)13-21(11-14-7-5-6-8-16(14)19)18(3,12-20-17)15-9-10-15/h5-8,15,20H,4,9-13H2,1-3H3. The Morgan fingerprint density at radius 1 is 1.29 bits per heavy atom. The molecule has 1 saturated carbocycles. The van der Waals surface area contributed by atoms with Crippen LogP contribution in [0.25, 0.3) is 0 Å². The molecule has 2 nitrogen and oxygen atoms in total. The average Bonchev–Trinajstić information content (AvgIpc) is 3.31. The lowest BCUT2D eigenvalue weighted by Gasteiger charge is -2.53. The van der Waals surface area contributed by atoms with Crippen molar-refractivity contribution in [3.05, 3.63) is 34.3 Å². The van der Waals surface area contributed by atoms with Gasteiger partial charge in [0.05, 0.1) is 0 Å². The molecular weight excluding hydrogens is 324 g/mol. The van der Waals surface area contributed by atoms with Crippen LogP contribution >= 0.6 is 15.9 Å². The van der Waals surface area contributed by atoms with Crippen molar-refractivity contribution in [2.24, 2.45) is 5.92 Å². The minimum absolute atomic E-state index is 0.246. The molecule has 3 rings (SSSR count). The summed E-state index contributed by atoms with van der Waals surface area (Å²) in [6, 6.07) is 8.66. The number of benzene rings is 1. The minimum atomic E-state index is 0.246. The fourth-order valence-corrected chi connectivity index (χ4v) is 3.99. The summed E-state index contributed by atoms with van der Waals surface area (Å²) in [5.74, 6) is 0.869. The van der Waals surface area contributed by atoms with Crippen molar-refractivity contribution in [1.82, 2.24) is 10.2 Å².